The highest BCUT2D eigenvalue weighted by Gasteiger charge is 2.21. The zero-order valence-electron chi connectivity index (χ0n) is 13.7. The molecule has 0 aromatic heterocycles. The number of ether oxygens (including phenoxy) is 2. The van der Waals surface area contributed by atoms with Crippen LogP contribution in [-0.2, 0) is 11.2 Å². The largest absolute Gasteiger partial charge is 0.496 e. The molecule has 0 amide bonds. The van der Waals surface area contributed by atoms with E-state index in [-0.39, 0.29) is 0 Å². The van der Waals surface area contributed by atoms with Crippen molar-refractivity contribution in [3.8, 4) is 11.5 Å². The Morgan fingerprint density at radius 3 is 2.39 bits per heavy atom. The molecule has 2 rings (SSSR count). The zero-order valence-corrected chi connectivity index (χ0v) is 13.7. The Morgan fingerprint density at radius 1 is 1.17 bits per heavy atom. The van der Waals surface area contributed by atoms with Crippen LogP contribution < -0.4 is 9.47 Å². The van der Waals surface area contributed by atoms with Gasteiger partial charge in [-0.3, -0.25) is 4.79 Å². The first-order valence-corrected chi connectivity index (χ1v) is 7.64. The molecule has 1 atom stereocenters. The van der Waals surface area contributed by atoms with E-state index in [1.54, 1.807) is 7.11 Å². The van der Waals surface area contributed by atoms with Gasteiger partial charge in [0.25, 0.3) is 0 Å². The van der Waals surface area contributed by atoms with Crippen LogP contribution in [0.15, 0.2) is 42.5 Å². The molecule has 1 N–H and O–H groups in total. The van der Waals surface area contributed by atoms with Crippen LogP contribution in [0.5, 0.6) is 11.5 Å². The standard InChI is InChI=1S/C19H22O4/c1-4-23-16-8-5-14(6-9-16)12-17(19(20)21)15-7-10-18(22-3)13(2)11-15/h5-11,17H,4,12H2,1-3H3,(H,20,21). The minimum atomic E-state index is -0.830. The molecule has 0 saturated carbocycles. The minimum Gasteiger partial charge on any atom is -0.496 e. The molecule has 2 aromatic rings. The van der Waals surface area contributed by atoms with Crippen LogP contribution in [0.1, 0.15) is 29.5 Å². The lowest BCUT2D eigenvalue weighted by Crippen LogP contribution is -2.14. The van der Waals surface area contributed by atoms with Crippen LogP contribution in [-0.4, -0.2) is 24.8 Å². The predicted molar refractivity (Wildman–Crippen MR) is 89.4 cm³/mol. The highest BCUT2D eigenvalue weighted by Crippen LogP contribution is 2.27. The third kappa shape index (κ3) is 4.25. The maximum atomic E-state index is 11.7. The van der Waals surface area contributed by atoms with Crippen LogP contribution in [0, 0.1) is 6.92 Å². The van der Waals surface area contributed by atoms with E-state index in [1.807, 2.05) is 56.3 Å². The fraction of sp³-hybridized carbons (Fsp3) is 0.316. The summed E-state index contributed by atoms with van der Waals surface area (Å²) in [6.07, 6.45) is 0.438. The fourth-order valence-electron chi connectivity index (χ4n) is 2.59. The molecule has 0 bridgehead atoms. The summed E-state index contributed by atoms with van der Waals surface area (Å²) < 4.78 is 10.6. The van der Waals surface area contributed by atoms with Gasteiger partial charge in [-0.1, -0.05) is 24.3 Å². The molecule has 0 heterocycles. The Hall–Kier alpha value is -2.49. The number of benzene rings is 2. The molecular formula is C19H22O4. The second kappa shape index (κ2) is 7.68. The van der Waals surface area contributed by atoms with Crippen LogP contribution in [0.3, 0.4) is 0 Å². The second-order valence-corrected chi connectivity index (χ2v) is 5.40. The Morgan fingerprint density at radius 2 is 1.87 bits per heavy atom. The lowest BCUT2D eigenvalue weighted by atomic mass is 9.91. The molecule has 2 aromatic carbocycles. The number of hydrogen-bond donors (Lipinski definition) is 1. The van der Waals surface area contributed by atoms with E-state index in [0.29, 0.717) is 13.0 Å². The van der Waals surface area contributed by atoms with Gasteiger partial charge in [0.1, 0.15) is 11.5 Å². The molecule has 0 aliphatic carbocycles. The Bertz CT molecular complexity index is 662. The number of carbonyl (C=O) groups is 1. The SMILES string of the molecule is CCOc1ccc(CC(C(=O)O)c2ccc(OC)c(C)c2)cc1. The molecule has 4 nitrogen and oxygen atoms in total. The predicted octanol–water partition coefficient (Wildman–Crippen LogP) is 3.81. The summed E-state index contributed by atoms with van der Waals surface area (Å²) in [6, 6.07) is 13.1. The van der Waals surface area contributed by atoms with Gasteiger partial charge in [0.05, 0.1) is 19.6 Å². The Balaban J connectivity index is 2.21. The number of aliphatic carboxylic acids is 1. The average molecular weight is 314 g/mol. The van der Waals surface area contributed by atoms with Crippen molar-refractivity contribution in [2.24, 2.45) is 0 Å². The summed E-state index contributed by atoms with van der Waals surface area (Å²) in [5, 5.41) is 9.59. The van der Waals surface area contributed by atoms with Crippen molar-refractivity contribution >= 4 is 5.97 Å². The lowest BCUT2D eigenvalue weighted by Gasteiger charge is -2.15. The maximum Gasteiger partial charge on any atom is 0.311 e. The number of methoxy groups -OCH3 is 1. The maximum absolute atomic E-state index is 11.7. The van der Waals surface area contributed by atoms with E-state index >= 15 is 0 Å². The molecule has 0 radical (unpaired) electrons. The van der Waals surface area contributed by atoms with Gasteiger partial charge in [0.15, 0.2) is 0 Å². The summed E-state index contributed by atoms with van der Waals surface area (Å²) >= 11 is 0. The van der Waals surface area contributed by atoms with Gasteiger partial charge in [-0.2, -0.15) is 0 Å². The number of carboxylic acids is 1. The van der Waals surface area contributed by atoms with E-state index in [4.69, 9.17) is 9.47 Å². The second-order valence-electron chi connectivity index (χ2n) is 5.40. The van der Waals surface area contributed by atoms with Crippen molar-refractivity contribution in [2.75, 3.05) is 13.7 Å². The van der Waals surface area contributed by atoms with Gasteiger partial charge in [-0.05, 0) is 55.2 Å². The normalized spacial score (nSPS) is 11.8. The summed E-state index contributed by atoms with van der Waals surface area (Å²) in [7, 11) is 1.61. The quantitative estimate of drug-likeness (QED) is 0.844. The van der Waals surface area contributed by atoms with E-state index in [9.17, 15) is 9.90 Å². The van der Waals surface area contributed by atoms with Gasteiger partial charge < -0.3 is 14.6 Å². The van der Waals surface area contributed by atoms with Crippen molar-refractivity contribution in [1.82, 2.24) is 0 Å². The highest BCUT2D eigenvalue weighted by atomic mass is 16.5. The fourth-order valence-corrected chi connectivity index (χ4v) is 2.59. The first-order chi connectivity index (χ1) is 11.0. The molecule has 0 fully saturated rings. The van der Waals surface area contributed by atoms with E-state index < -0.39 is 11.9 Å². The summed E-state index contributed by atoms with van der Waals surface area (Å²) in [5.41, 5.74) is 2.68. The van der Waals surface area contributed by atoms with Crippen LogP contribution in [0.4, 0.5) is 0 Å². The first-order valence-electron chi connectivity index (χ1n) is 7.64. The van der Waals surface area contributed by atoms with Gasteiger partial charge in [0, 0.05) is 0 Å². The van der Waals surface area contributed by atoms with Gasteiger partial charge in [-0.15, -0.1) is 0 Å². The number of rotatable bonds is 7. The highest BCUT2D eigenvalue weighted by molar-refractivity contribution is 5.76. The third-order valence-corrected chi connectivity index (χ3v) is 3.79. The first kappa shape index (κ1) is 16.9. The Kier molecular flexibility index (Phi) is 5.63. The van der Waals surface area contributed by atoms with E-state index in [0.717, 1.165) is 28.2 Å². The topological polar surface area (TPSA) is 55.8 Å². The van der Waals surface area contributed by atoms with Crippen LogP contribution in [0.25, 0.3) is 0 Å². The number of hydrogen-bond acceptors (Lipinski definition) is 3. The Labute approximate surface area is 136 Å². The van der Waals surface area contributed by atoms with Crippen molar-refractivity contribution in [2.45, 2.75) is 26.2 Å². The monoisotopic (exact) mass is 314 g/mol. The van der Waals surface area contributed by atoms with Gasteiger partial charge in [0.2, 0.25) is 0 Å². The molecule has 23 heavy (non-hydrogen) atoms. The van der Waals surface area contributed by atoms with Crippen LogP contribution >= 0.6 is 0 Å². The van der Waals surface area contributed by atoms with Gasteiger partial charge in [-0.25, -0.2) is 0 Å². The zero-order chi connectivity index (χ0) is 16.8. The van der Waals surface area contributed by atoms with Gasteiger partial charge >= 0.3 is 5.97 Å². The molecule has 122 valence electrons. The molecule has 4 heteroatoms. The van der Waals surface area contributed by atoms with Crippen molar-refractivity contribution in [3.63, 3.8) is 0 Å². The molecule has 0 aliphatic rings. The number of carboxylic acid groups (broad SMARTS) is 1. The molecular weight excluding hydrogens is 292 g/mol. The minimum absolute atomic E-state index is 0.438. The third-order valence-electron chi connectivity index (χ3n) is 3.79. The number of aryl methyl sites for hydroxylation is 1. The van der Waals surface area contributed by atoms with Crippen molar-refractivity contribution in [3.05, 3.63) is 59.2 Å². The average Bonchev–Trinajstić information content (AvgIpc) is 2.54. The van der Waals surface area contributed by atoms with Crippen LogP contribution in [0.2, 0.25) is 0 Å². The van der Waals surface area contributed by atoms with E-state index in [1.165, 1.54) is 0 Å². The van der Waals surface area contributed by atoms with E-state index in [2.05, 4.69) is 0 Å². The molecule has 1 unspecified atom stereocenters. The molecule has 0 aliphatic heterocycles. The summed E-state index contributed by atoms with van der Waals surface area (Å²) in [6.45, 7) is 4.46. The smallest absolute Gasteiger partial charge is 0.311 e. The van der Waals surface area contributed by atoms with Crippen molar-refractivity contribution in [1.29, 1.82) is 0 Å². The molecule has 0 spiro atoms. The molecule has 0 saturated heterocycles. The lowest BCUT2D eigenvalue weighted by molar-refractivity contribution is -0.138. The van der Waals surface area contributed by atoms with Crippen molar-refractivity contribution < 1.29 is 19.4 Å². The summed E-state index contributed by atoms with van der Waals surface area (Å²) in [5.74, 6) is 0.142. The summed E-state index contributed by atoms with van der Waals surface area (Å²) in [4.78, 5) is 11.7.